The van der Waals surface area contributed by atoms with Gasteiger partial charge in [-0.15, -0.1) is 6.42 Å². The quantitative estimate of drug-likeness (QED) is 0.170. The van der Waals surface area contributed by atoms with Crippen molar-refractivity contribution in [3.8, 4) is 29.5 Å². The number of benzene rings is 1. The van der Waals surface area contributed by atoms with Crippen LogP contribution in [0.5, 0.6) is 5.88 Å². The maximum Gasteiger partial charge on any atom is 0.313 e. The minimum atomic E-state index is -2.90. The summed E-state index contributed by atoms with van der Waals surface area (Å²) in [5.41, 5.74) is 3.79. The molecule has 2 aromatic rings. The molecule has 1 saturated heterocycles. The number of ether oxygens (including phenoxy) is 1. The van der Waals surface area contributed by atoms with E-state index in [9.17, 15) is 18.3 Å². The molecular weight excluding hydrogens is 817 g/mol. The summed E-state index contributed by atoms with van der Waals surface area (Å²) in [6.07, 6.45) is 22.7. The van der Waals surface area contributed by atoms with E-state index < -0.39 is 21.2 Å². The van der Waals surface area contributed by atoms with Crippen molar-refractivity contribution in [1.82, 2.24) is 20.0 Å². The van der Waals surface area contributed by atoms with Crippen molar-refractivity contribution >= 4 is 15.8 Å². The predicted molar refractivity (Wildman–Crippen MR) is 255 cm³/mol. The molecule has 10 heteroatoms. The van der Waals surface area contributed by atoms with E-state index in [1.807, 2.05) is 43.4 Å². The van der Waals surface area contributed by atoms with E-state index in [-0.39, 0.29) is 45.3 Å². The third-order valence-corrected chi connectivity index (χ3v) is 21.7. The minimum Gasteiger partial charge on any atom is -0.481 e. The number of hydrogen-bond acceptors (Lipinski definition) is 7. The largest absolute Gasteiger partial charge is 0.481 e. The summed E-state index contributed by atoms with van der Waals surface area (Å²) in [6.45, 7) is 20.4. The Morgan fingerprint density at radius 1 is 0.984 bits per heavy atom. The number of aliphatic carboxylic acids is 1. The maximum atomic E-state index is 13.0. The van der Waals surface area contributed by atoms with E-state index >= 15 is 0 Å². The lowest BCUT2D eigenvalue weighted by Crippen LogP contribution is -2.69. The molecule has 9 nitrogen and oxygen atoms in total. The van der Waals surface area contributed by atoms with Gasteiger partial charge in [0, 0.05) is 55.8 Å². The first kappa shape index (κ1) is 45.8. The minimum absolute atomic E-state index is 0.0450. The number of fused-ring (bicyclic) bond motifs is 7. The maximum absolute atomic E-state index is 13.0. The number of carboxylic acid groups (broad SMARTS) is 1. The van der Waals surface area contributed by atoms with Crippen LogP contribution in [-0.4, -0.2) is 84.0 Å². The van der Waals surface area contributed by atoms with Crippen molar-refractivity contribution in [1.29, 1.82) is 0 Å². The first-order valence-corrected chi connectivity index (χ1v) is 26.6. The van der Waals surface area contributed by atoms with Gasteiger partial charge in [0.1, 0.15) is 12.0 Å². The van der Waals surface area contributed by atoms with Crippen LogP contribution in [0.2, 0.25) is 0 Å². The van der Waals surface area contributed by atoms with E-state index in [1.54, 1.807) is 4.68 Å². The summed E-state index contributed by atoms with van der Waals surface area (Å²) >= 11 is 0. The molecule has 1 aromatic heterocycles. The molecule has 5 saturated carbocycles. The highest BCUT2D eigenvalue weighted by Gasteiger charge is 2.72. The van der Waals surface area contributed by atoms with Crippen LogP contribution < -0.4 is 10.1 Å². The molecule has 0 amide bonds. The zero-order valence-corrected chi connectivity index (χ0v) is 40.6. The van der Waals surface area contributed by atoms with Gasteiger partial charge in [-0.1, -0.05) is 87.7 Å². The summed E-state index contributed by atoms with van der Waals surface area (Å²) in [5.74, 6) is 6.97. The third kappa shape index (κ3) is 7.27. The van der Waals surface area contributed by atoms with Crippen molar-refractivity contribution < 1.29 is 23.1 Å². The number of aromatic nitrogens is 2. The molecule has 7 aliphatic rings. The van der Waals surface area contributed by atoms with Crippen molar-refractivity contribution in [2.75, 3.05) is 44.3 Å². The zero-order valence-electron chi connectivity index (χ0n) is 39.8. The van der Waals surface area contributed by atoms with E-state index in [0.29, 0.717) is 67.3 Å². The van der Waals surface area contributed by atoms with Crippen LogP contribution in [0.15, 0.2) is 60.2 Å². The molecule has 64 heavy (non-hydrogen) atoms. The number of allylic oxidation sites excluding steroid dienone is 3. The van der Waals surface area contributed by atoms with Crippen LogP contribution in [0.3, 0.4) is 0 Å². The molecule has 6 fully saturated rings. The van der Waals surface area contributed by atoms with Gasteiger partial charge < -0.3 is 20.1 Å². The Kier molecular flexibility index (Phi) is 11.8. The summed E-state index contributed by atoms with van der Waals surface area (Å²) in [6, 6.07) is 11.9. The normalized spacial score (nSPS) is 40.1. The fraction of sp³-hybridized carbons (Fsp3) is 0.704. The number of sulfone groups is 1. The molecule has 9 rings (SSSR count). The second-order valence-electron chi connectivity index (χ2n) is 23.1. The van der Waals surface area contributed by atoms with E-state index in [4.69, 9.17) is 11.2 Å². The van der Waals surface area contributed by atoms with Crippen molar-refractivity contribution in [3.05, 3.63) is 60.2 Å². The lowest BCUT2D eigenvalue weighted by Gasteiger charge is -2.72. The van der Waals surface area contributed by atoms with Gasteiger partial charge in [0.25, 0.3) is 0 Å². The second kappa shape index (κ2) is 16.4. The molecule has 5 unspecified atom stereocenters. The Morgan fingerprint density at radius 2 is 1.73 bits per heavy atom. The molecule has 2 N–H and O–H groups in total. The van der Waals surface area contributed by atoms with Gasteiger partial charge in [0.05, 0.1) is 17.2 Å². The molecule has 0 spiro atoms. The van der Waals surface area contributed by atoms with Crippen molar-refractivity contribution in [3.63, 3.8) is 0 Å². The number of terminal acetylenes is 1. The monoisotopic (exact) mass is 893 g/mol. The average molecular weight is 893 g/mol. The van der Waals surface area contributed by atoms with Crippen LogP contribution in [0, 0.1) is 74.9 Å². The Labute approximate surface area is 384 Å². The molecule has 1 aliphatic heterocycles. The molecule has 348 valence electrons. The molecule has 6 aliphatic carbocycles. The van der Waals surface area contributed by atoms with E-state index in [1.165, 1.54) is 36.8 Å². The lowest BCUT2D eigenvalue weighted by atomic mass is 9.32. The highest BCUT2D eigenvalue weighted by molar-refractivity contribution is 7.91. The lowest BCUT2D eigenvalue weighted by molar-refractivity contribution is -0.222. The van der Waals surface area contributed by atoms with Gasteiger partial charge in [-0.25, -0.2) is 13.1 Å². The van der Waals surface area contributed by atoms with E-state index in [0.717, 1.165) is 69.3 Å². The Hall–Kier alpha value is -3.39. The molecule has 0 radical (unpaired) electrons. The fourth-order valence-corrected chi connectivity index (χ4v) is 18.0. The van der Waals surface area contributed by atoms with Gasteiger partial charge in [-0.2, -0.15) is 5.10 Å². The van der Waals surface area contributed by atoms with Gasteiger partial charge in [0.15, 0.2) is 9.84 Å². The van der Waals surface area contributed by atoms with Gasteiger partial charge in [-0.3, -0.25) is 4.79 Å². The van der Waals surface area contributed by atoms with Gasteiger partial charge >= 0.3 is 5.97 Å². The standard InChI is InChI=1S/C54H76N4O5S/c1-9-53-27-28-54(55-29-30-58-31-33-64(61,62)34-32-58)26-19-40(37(2)3)47(54)42(53)15-16-45-50(6)22-20-41(49(4,5)44(50)21-23-51(45,53)7)38-17-24-52(25-18-38,48(59)60)36-63-46-35-43(56-57(46)8)39-13-11-10-12-14-39/h1,10-14,17,35,40-42,44-45,47,55H,2,15-16,18-34,36H2,3-8H3,(H,59,60)/t40-,41?,42+,44?,45?,47?,50-,51+,52?,53+,54-/m0/s1. The smallest absolute Gasteiger partial charge is 0.313 e. The predicted octanol–water partition coefficient (Wildman–Crippen LogP) is 9.61. The summed E-state index contributed by atoms with van der Waals surface area (Å²) in [4.78, 5) is 15.4. The number of hydrogen-bond donors (Lipinski definition) is 2. The number of rotatable bonds is 11. The van der Waals surface area contributed by atoms with Crippen molar-refractivity contribution in [2.24, 2.45) is 69.6 Å². The number of nitrogens with zero attached hydrogens (tertiary/aromatic N) is 3. The topological polar surface area (TPSA) is 114 Å². The number of aryl methyl sites for hydroxylation is 1. The zero-order chi connectivity index (χ0) is 45.5. The highest BCUT2D eigenvalue weighted by Crippen LogP contribution is 2.77. The van der Waals surface area contributed by atoms with Crippen LogP contribution in [0.25, 0.3) is 11.3 Å². The van der Waals surface area contributed by atoms with E-state index in [2.05, 4.69) is 68.5 Å². The van der Waals surface area contributed by atoms with Gasteiger partial charge in [0.2, 0.25) is 5.88 Å². The Balaban J connectivity index is 0.910. The highest BCUT2D eigenvalue weighted by atomic mass is 32.2. The van der Waals surface area contributed by atoms with Crippen LogP contribution in [0.4, 0.5) is 0 Å². The second-order valence-corrected chi connectivity index (χ2v) is 25.4. The summed E-state index contributed by atoms with van der Waals surface area (Å²) < 4.78 is 32.3. The number of carbonyl (C=O) groups is 1. The number of carboxylic acids is 1. The summed E-state index contributed by atoms with van der Waals surface area (Å²) in [5, 5.41) is 19.5. The molecule has 2 heterocycles. The number of nitrogens with one attached hydrogen (secondary N) is 1. The first-order chi connectivity index (χ1) is 30.3. The Morgan fingerprint density at radius 3 is 2.41 bits per heavy atom. The van der Waals surface area contributed by atoms with Crippen LogP contribution >= 0.6 is 0 Å². The summed E-state index contributed by atoms with van der Waals surface area (Å²) in [7, 11) is -1.05. The third-order valence-electron chi connectivity index (χ3n) is 20.1. The fourth-order valence-electron chi connectivity index (χ4n) is 16.7. The molecular formula is C54H76N4O5S. The molecule has 0 bridgehead atoms. The average Bonchev–Trinajstić information content (AvgIpc) is 3.84. The first-order valence-electron chi connectivity index (χ1n) is 24.8. The Bertz CT molecular complexity index is 2300. The molecule has 11 atom stereocenters. The molecule has 1 aromatic carbocycles. The SMILES string of the molecule is C#C[C@@]12CC[C@@]3(NCCN4CCS(=O)(=O)CC4)CC[C@@H](C(=C)C)C3[C@H]1CCC1[C@@]3(C)CCC(C4=CCC(COc5cc(-c6ccccc6)nn5C)(C(=O)O)CC4)C(C)(C)C3CC[C@]12C. The van der Waals surface area contributed by atoms with Crippen molar-refractivity contribution in [2.45, 2.75) is 124 Å². The van der Waals surface area contributed by atoms with Crippen LogP contribution in [0.1, 0.15) is 118 Å². The van der Waals surface area contributed by atoms with Gasteiger partial charge in [-0.05, 0) is 142 Å². The van der Waals surface area contributed by atoms with Crippen LogP contribution in [-0.2, 0) is 21.7 Å².